The SMILES string of the molecule is CCOc1cc2[nH]ncc2cc1Nc1ncnc2sc3c(c12)CCC(C(=O)N1CC=CC1)C3. The zero-order valence-electron chi connectivity index (χ0n) is 18.3. The van der Waals surface area contributed by atoms with Crippen LogP contribution in [0.4, 0.5) is 11.5 Å². The van der Waals surface area contributed by atoms with E-state index in [0.29, 0.717) is 6.61 Å². The molecule has 1 unspecified atom stereocenters. The van der Waals surface area contributed by atoms with E-state index in [2.05, 4.69) is 37.6 Å². The van der Waals surface area contributed by atoms with E-state index in [1.807, 2.05) is 24.0 Å². The van der Waals surface area contributed by atoms with Gasteiger partial charge in [-0.25, -0.2) is 9.97 Å². The summed E-state index contributed by atoms with van der Waals surface area (Å²) in [5, 5.41) is 12.7. The molecular weight excluding hydrogens is 436 g/mol. The van der Waals surface area contributed by atoms with Gasteiger partial charge in [0.05, 0.1) is 29.4 Å². The molecule has 0 fully saturated rings. The number of aromatic nitrogens is 4. The number of thiophene rings is 1. The highest BCUT2D eigenvalue weighted by atomic mass is 32.1. The smallest absolute Gasteiger partial charge is 0.226 e. The van der Waals surface area contributed by atoms with E-state index in [1.54, 1.807) is 23.9 Å². The van der Waals surface area contributed by atoms with Gasteiger partial charge in [0.15, 0.2) is 0 Å². The number of rotatable bonds is 5. The highest BCUT2D eigenvalue weighted by molar-refractivity contribution is 7.19. The molecule has 0 radical (unpaired) electrons. The molecular formula is C24H24N6O2S. The monoisotopic (exact) mass is 460 g/mol. The molecule has 2 aliphatic rings. The lowest BCUT2D eigenvalue weighted by Crippen LogP contribution is -2.36. The number of nitrogens with zero attached hydrogens (tertiary/aromatic N) is 4. The van der Waals surface area contributed by atoms with Crippen LogP contribution in [0.1, 0.15) is 23.8 Å². The third kappa shape index (κ3) is 3.52. The van der Waals surface area contributed by atoms with E-state index in [1.165, 1.54) is 10.4 Å². The molecule has 1 amide bonds. The van der Waals surface area contributed by atoms with Crippen molar-refractivity contribution in [2.45, 2.75) is 26.2 Å². The summed E-state index contributed by atoms with van der Waals surface area (Å²) in [5.74, 6) is 1.83. The van der Waals surface area contributed by atoms with Crippen LogP contribution in [0.15, 0.2) is 36.8 Å². The van der Waals surface area contributed by atoms with Crippen LogP contribution >= 0.6 is 11.3 Å². The maximum absolute atomic E-state index is 12.9. The lowest BCUT2D eigenvalue weighted by Gasteiger charge is -2.26. The third-order valence-electron chi connectivity index (χ3n) is 6.42. The number of benzene rings is 1. The van der Waals surface area contributed by atoms with Gasteiger partial charge in [-0.3, -0.25) is 9.89 Å². The first kappa shape index (κ1) is 20.2. The first-order valence-corrected chi connectivity index (χ1v) is 12.1. The van der Waals surface area contributed by atoms with E-state index >= 15 is 0 Å². The van der Waals surface area contributed by atoms with Gasteiger partial charge in [-0.15, -0.1) is 11.3 Å². The summed E-state index contributed by atoms with van der Waals surface area (Å²) in [5.41, 5.74) is 3.04. The van der Waals surface area contributed by atoms with Crippen LogP contribution in [0.25, 0.3) is 21.1 Å². The molecule has 4 heterocycles. The Kier molecular flexibility index (Phi) is 4.98. The summed E-state index contributed by atoms with van der Waals surface area (Å²) in [4.78, 5) is 26.2. The molecule has 1 aliphatic carbocycles. The number of ether oxygens (including phenoxy) is 1. The summed E-state index contributed by atoms with van der Waals surface area (Å²) in [6, 6.07) is 3.98. The van der Waals surface area contributed by atoms with Gasteiger partial charge in [-0.2, -0.15) is 5.10 Å². The van der Waals surface area contributed by atoms with Crippen molar-refractivity contribution in [3.8, 4) is 5.75 Å². The van der Waals surface area contributed by atoms with E-state index in [-0.39, 0.29) is 11.8 Å². The second-order valence-corrected chi connectivity index (χ2v) is 9.51. The Balaban J connectivity index is 1.34. The van der Waals surface area contributed by atoms with Crippen LogP contribution in [0.5, 0.6) is 5.75 Å². The van der Waals surface area contributed by atoms with Crippen molar-refractivity contribution >= 4 is 49.9 Å². The summed E-state index contributed by atoms with van der Waals surface area (Å²) in [6.07, 6.45) is 10.0. The number of hydrogen-bond acceptors (Lipinski definition) is 7. The molecule has 0 bridgehead atoms. The topological polar surface area (TPSA) is 96.0 Å². The van der Waals surface area contributed by atoms with Gasteiger partial charge >= 0.3 is 0 Å². The summed E-state index contributed by atoms with van der Waals surface area (Å²) >= 11 is 1.68. The van der Waals surface area contributed by atoms with E-state index in [0.717, 1.165) is 70.7 Å². The minimum atomic E-state index is 0.0443. The Morgan fingerprint density at radius 3 is 3.03 bits per heavy atom. The number of aromatic amines is 1. The Morgan fingerprint density at radius 1 is 1.30 bits per heavy atom. The Morgan fingerprint density at radius 2 is 2.18 bits per heavy atom. The zero-order valence-corrected chi connectivity index (χ0v) is 19.1. The normalized spacial score (nSPS) is 17.6. The van der Waals surface area contributed by atoms with E-state index in [4.69, 9.17) is 4.74 Å². The predicted octanol–water partition coefficient (Wildman–Crippen LogP) is 4.21. The van der Waals surface area contributed by atoms with Gasteiger partial charge in [0.2, 0.25) is 5.91 Å². The molecule has 4 aromatic rings. The molecule has 168 valence electrons. The zero-order chi connectivity index (χ0) is 22.4. The quantitative estimate of drug-likeness (QED) is 0.433. The maximum Gasteiger partial charge on any atom is 0.226 e. The largest absolute Gasteiger partial charge is 0.492 e. The fourth-order valence-corrected chi connectivity index (χ4v) is 6.07. The van der Waals surface area contributed by atoms with Crippen molar-refractivity contribution in [1.82, 2.24) is 25.1 Å². The average Bonchev–Trinajstić information content (AvgIpc) is 3.58. The maximum atomic E-state index is 12.9. The molecule has 0 saturated carbocycles. The number of carbonyl (C=O) groups excluding carboxylic acids is 1. The Labute approximate surface area is 194 Å². The number of hydrogen-bond donors (Lipinski definition) is 2. The van der Waals surface area contributed by atoms with Gasteiger partial charge in [0, 0.05) is 35.3 Å². The number of H-pyrrole nitrogens is 1. The lowest BCUT2D eigenvalue weighted by molar-refractivity contribution is -0.134. The summed E-state index contributed by atoms with van der Waals surface area (Å²) in [6.45, 7) is 3.99. The molecule has 3 aromatic heterocycles. The lowest BCUT2D eigenvalue weighted by atomic mass is 9.87. The molecule has 1 atom stereocenters. The number of nitrogens with one attached hydrogen (secondary N) is 2. The van der Waals surface area contributed by atoms with Crippen LogP contribution in [0.3, 0.4) is 0 Å². The van der Waals surface area contributed by atoms with Crippen molar-refractivity contribution < 1.29 is 9.53 Å². The number of anilines is 2. The number of fused-ring (bicyclic) bond motifs is 4. The van der Waals surface area contributed by atoms with Crippen molar-refractivity contribution in [3.63, 3.8) is 0 Å². The summed E-state index contributed by atoms with van der Waals surface area (Å²) < 4.78 is 5.88. The van der Waals surface area contributed by atoms with Crippen molar-refractivity contribution in [2.75, 3.05) is 25.0 Å². The van der Waals surface area contributed by atoms with Crippen molar-refractivity contribution in [2.24, 2.45) is 5.92 Å². The number of aryl methyl sites for hydroxylation is 1. The van der Waals surface area contributed by atoms with Crippen LogP contribution in [-0.2, 0) is 17.6 Å². The van der Waals surface area contributed by atoms with Crippen LogP contribution in [0, 0.1) is 5.92 Å². The molecule has 1 aliphatic heterocycles. The summed E-state index contributed by atoms with van der Waals surface area (Å²) in [7, 11) is 0. The number of amides is 1. The van der Waals surface area contributed by atoms with Gasteiger partial charge < -0.3 is 15.0 Å². The number of carbonyl (C=O) groups is 1. The minimum Gasteiger partial charge on any atom is -0.492 e. The molecule has 9 heteroatoms. The van der Waals surface area contributed by atoms with E-state index < -0.39 is 0 Å². The first-order valence-electron chi connectivity index (χ1n) is 11.3. The molecule has 33 heavy (non-hydrogen) atoms. The van der Waals surface area contributed by atoms with Crippen LogP contribution in [0.2, 0.25) is 0 Å². The Bertz CT molecular complexity index is 1380. The van der Waals surface area contributed by atoms with Crippen molar-refractivity contribution in [3.05, 3.63) is 47.2 Å². The van der Waals surface area contributed by atoms with Gasteiger partial charge in [0.1, 0.15) is 22.7 Å². The molecule has 0 saturated heterocycles. The fraction of sp³-hybridized carbons (Fsp3) is 0.333. The molecule has 0 spiro atoms. The average molecular weight is 461 g/mol. The molecule has 6 rings (SSSR count). The standard InChI is InChI=1S/C24H24N6O2S/c1-2-32-19-11-17-15(12-27-29-17)9-18(19)28-22-21-16-6-5-14(24(31)30-7-3-4-8-30)10-20(16)33-23(21)26-13-25-22/h3-4,9,11-14H,2,5-8,10H2,1H3,(H,27,29)(H,25,26,28). The van der Waals surface area contributed by atoms with Crippen LogP contribution < -0.4 is 10.1 Å². The molecule has 1 aromatic carbocycles. The van der Waals surface area contributed by atoms with Gasteiger partial charge in [-0.1, -0.05) is 12.2 Å². The fourth-order valence-electron chi connectivity index (χ4n) is 4.80. The Hall–Kier alpha value is -3.46. The van der Waals surface area contributed by atoms with Crippen LogP contribution in [-0.4, -0.2) is 50.7 Å². The van der Waals surface area contributed by atoms with E-state index in [9.17, 15) is 4.79 Å². The second-order valence-electron chi connectivity index (χ2n) is 8.42. The highest BCUT2D eigenvalue weighted by Crippen LogP contribution is 2.42. The second kappa shape index (κ2) is 8.15. The highest BCUT2D eigenvalue weighted by Gasteiger charge is 2.31. The molecule has 2 N–H and O–H groups in total. The first-order chi connectivity index (χ1) is 16.2. The minimum absolute atomic E-state index is 0.0443. The third-order valence-corrected chi connectivity index (χ3v) is 7.58. The molecule has 8 nitrogen and oxygen atoms in total. The van der Waals surface area contributed by atoms with Crippen molar-refractivity contribution in [1.29, 1.82) is 0 Å². The predicted molar refractivity (Wildman–Crippen MR) is 129 cm³/mol. The van der Waals surface area contributed by atoms with Gasteiger partial charge in [-0.05, 0) is 37.8 Å². The van der Waals surface area contributed by atoms with Gasteiger partial charge in [0.25, 0.3) is 0 Å².